The van der Waals surface area contributed by atoms with Crippen molar-refractivity contribution in [1.82, 2.24) is 0 Å². The standard InChI is InChI=1S/C23H29FO4S/c1-4-6-12-23(5-2)15-20(16-8-7-9-18(13-16)28-3)19-14-17(24)10-11-21(19)29(26,27)22(23)25/h7-11,13-14,20,22,25H,4-6,12,15H2,1-3H3/t20-,22?,23-/m0/s1. The van der Waals surface area contributed by atoms with Gasteiger partial charge in [-0.1, -0.05) is 38.8 Å². The van der Waals surface area contributed by atoms with Crippen molar-refractivity contribution < 1.29 is 22.7 Å². The van der Waals surface area contributed by atoms with Gasteiger partial charge in [0.1, 0.15) is 11.6 Å². The summed E-state index contributed by atoms with van der Waals surface area (Å²) in [6, 6.07) is 11.2. The molecule has 0 radical (unpaired) electrons. The number of hydrogen-bond donors (Lipinski definition) is 1. The number of rotatable bonds is 6. The lowest BCUT2D eigenvalue weighted by Gasteiger charge is -2.37. The maximum Gasteiger partial charge on any atom is 0.205 e. The number of hydrogen-bond acceptors (Lipinski definition) is 4. The Morgan fingerprint density at radius 2 is 1.97 bits per heavy atom. The second kappa shape index (κ2) is 8.44. The minimum atomic E-state index is -4.02. The van der Waals surface area contributed by atoms with E-state index in [0.29, 0.717) is 30.6 Å². The second-order valence-corrected chi connectivity index (χ2v) is 9.91. The number of unbranched alkanes of at least 4 members (excludes halogenated alkanes) is 1. The van der Waals surface area contributed by atoms with Crippen LogP contribution < -0.4 is 4.74 Å². The molecule has 2 aromatic carbocycles. The van der Waals surface area contributed by atoms with Crippen LogP contribution in [0.1, 0.15) is 63.0 Å². The highest BCUT2D eigenvalue weighted by molar-refractivity contribution is 7.92. The molecule has 0 aliphatic carbocycles. The normalized spacial score (nSPS) is 25.8. The van der Waals surface area contributed by atoms with Gasteiger partial charge >= 0.3 is 0 Å². The van der Waals surface area contributed by atoms with Crippen molar-refractivity contribution in [3.05, 3.63) is 59.4 Å². The van der Waals surface area contributed by atoms with Crippen LogP contribution in [-0.2, 0) is 9.84 Å². The van der Waals surface area contributed by atoms with Gasteiger partial charge in [0.15, 0.2) is 5.44 Å². The Hall–Kier alpha value is -1.92. The van der Waals surface area contributed by atoms with Crippen molar-refractivity contribution in [2.24, 2.45) is 5.41 Å². The molecule has 0 bridgehead atoms. The molecule has 0 saturated carbocycles. The minimum absolute atomic E-state index is 0.0195. The molecule has 0 saturated heterocycles. The summed E-state index contributed by atoms with van der Waals surface area (Å²) in [5, 5.41) is 11.1. The number of fused-ring (bicyclic) bond motifs is 1. The van der Waals surface area contributed by atoms with E-state index in [0.717, 1.165) is 24.5 Å². The lowest BCUT2D eigenvalue weighted by atomic mass is 9.70. The third-order valence-electron chi connectivity index (χ3n) is 6.31. The van der Waals surface area contributed by atoms with Gasteiger partial charge in [0.2, 0.25) is 9.84 Å². The Bertz CT molecular complexity index is 973. The fraction of sp³-hybridized carbons (Fsp3) is 0.478. The highest BCUT2D eigenvalue weighted by atomic mass is 32.2. The lowest BCUT2D eigenvalue weighted by molar-refractivity contribution is 0.0607. The largest absolute Gasteiger partial charge is 0.497 e. The van der Waals surface area contributed by atoms with Gasteiger partial charge in [0, 0.05) is 11.3 Å². The smallest absolute Gasteiger partial charge is 0.205 e. The van der Waals surface area contributed by atoms with Crippen LogP contribution >= 0.6 is 0 Å². The quantitative estimate of drug-likeness (QED) is 0.665. The molecular formula is C23H29FO4S. The zero-order valence-electron chi connectivity index (χ0n) is 17.2. The van der Waals surface area contributed by atoms with Gasteiger partial charge in [-0.05, 0) is 60.7 Å². The molecule has 0 aromatic heterocycles. The summed E-state index contributed by atoms with van der Waals surface area (Å²) in [4.78, 5) is 0.0195. The summed E-state index contributed by atoms with van der Waals surface area (Å²) in [5.74, 6) is -0.192. The molecule has 0 amide bonds. The van der Waals surface area contributed by atoms with E-state index in [2.05, 4.69) is 0 Å². The Morgan fingerprint density at radius 3 is 2.62 bits per heavy atom. The second-order valence-electron chi connectivity index (χ2n) is 7.93. The summed E-state index contributed by atoms with van der Waals surface area (Å²) in [6.45, 7) is 3.97. The van der Waals surface area contributed by atoms with Gasteiger partial charge in [0.25, 0.3) is 0 Å². The molecule has 1 aliphatic heterocycles. The number of methoxy groups -OCH3 is 1. The third-order valence-corrected chi connectivity index (χ3v) is 8.38. The molecule has 3 rings (SSSR count). The molecule has 3 atom stereocenters. The Labute approximate surface area is 172 Å². The van der Waals surface area contributed by atoms with Crippen LogP contribution in [0.5, 0.6) is 5.75 Å². The Morgan fingerprint density at radius 1 is 1.21 bits per heavy atom. The van der Waals surface area contributed by atoms with Crippen molar-refractivity contribution in [3.63, 3.8) is 0 Å². The number of aliphatic hydroxyl groups is 1. The van der Waals surface area contributed by atoms with Crippen LogP contribution in [0.4, 0.5) is 4.39 Å². The predicted molar refractivity (Wildman–Crippen MR) is 111 cm³/mol. The molecule has 0 spiro atoms. The Balaban J connectivity index is 2.28. The maximum absolute atomic E-state index is 14.2. The lowest BCUT2D eigenvalue weighted by Crippen LogP contribution is -2.40. The van der Waals surface area contributed by atoms with Crippen LogP contribution in [0, 0.1) is 11.2 Å². The first-order chi connectivity index (χ1) is 13.8. The van der Waals surface area contributed by atoms with Gasteiger partial charge in [-0.2, -0.15) is 0 Å². The SMILES string of the molecule is CCCC[C@@]1(CC)C[C@@H](c2cccc(OC)c2)c2cc(F)ccc2S(=O)(=O)C1O. The van der Waals surface area contributed by atoms with Crippen molar-refractivity contribution in [2.45, 2.75) is 62.2 Å². The van der Waals surface area contributed by atoms with E-state index in [1.807, 2.05) is 38.1 Å². The van der Waals surface area contributed by atoms with Crippen LogP contribution in [0.3, 0.4) is 0 Å². The highest BCUT2D eigenvalue weighted by Crippen LogP contribution is 2.51. The van der Waals surface area contributed by atoms with E-state index in [4.69, 9.17) is 4.74 Å². The summed E-state index contributed by atoms with van der Waals surface area (Å²) < 4.78 is 46.3. The van der Waals surface area contributed by atoms with E-state index in [-0.39, 0.29) is 10.8 Å². The molecule has 158 valence electrons. The predicted octanol–water partition coefficient (Wildman–Crippen LogP) is 5.05. The molecular weight excluding hydrogens is 391 g/mol. The number of benzene rings is 2. The van der Waals surface area contributed by atoms with Crippen molar-refractivity contribution in [3.8, 4) is 5.75 Å². The summed E-state index contributed by atoms with van der Waals surface area (Å²) in [6.07, 6.45) is 3.26. The number of ether oxygens (including phenoxy) is 1. The van der Waals surface area contributed by atoms with E-state index in [9.17, 15) is 17.9 Å². The number of halogens is 1. The first-order valence-corrected chi connectivity index (χ1v) is 11.7. The average Bonchev–Trinajstić information content (AvgIpc) is 2.79. The minimum Gasteiger partial charge on any atom is -0.497 e. The van der Waals surface area contributed by atoms with Gasteiger partial charge < -0.3 is 9.84 Å². The van der Waals surface area contributed by atoms with Crippen LogP contribution in [0.2, 0.25) is 0 Å². The molecule has 1 heterocycles. The van der Waals surface area contributed by atoms with Crippen LogP contribution in [-0.4, -0.2) is 26.1 Å². The van der Waals surface area contributed by atoms with Crippen molar-refractivity contribution >= 4 is 9.84 Å². The van der Waals surface area contributed by atoms with E-state index in [1.165, 1.54) is 12.1 Å². The van der Waals surface area contributed by atoms with Crippen LogP contribution in [0.25, 0.3) is 0 Å². The molecule has 2 aromatic rings. The number of aliphatic hydroxyl groups excluding tert-OH is 1. The van der Waals surface area contributed by atoms with Crippen LogP contribution in [0.15, 0.2) is 47.4 Å². The van der Waals surface area contributed by atoms with E-state index in [1.54, 1.807) is 7.11 Å². The molecule has 0 fully saturated rings. The fourth-order valence-corrected chi connectivity index (χ4v) is 6.59. The average molecular weight is 421 g/mol. The summed E-state index contributed by atoms with van der Waals surface area (Å²) in [7, 11) is -2.45. The third kappa shape index (κ3) is 3.92. The van der Waals surface area contributed by atoms with Gasteiger partial charge in [-0.25, -0.2) is 12.8 Å². The Kier molecular flexibility index (Phi) is 6.34. The molecule has 6 heteroatoms. The first kappa shape index (κ1) is 21.8. The zero-order valence-corrected chi connectivity index (χ0v) is 18.0. The fourth-order valence-electron chi connectivity index (χ4n) is 4.52. The molecule has 4 nitrogen and oxygen atoms in total. The van der Waals surface area contributed by atoms with Gasteiger partial charge in [-0.15, -0.1) is 0 Å². The zero-order chi connectivity index (χ0) is 21.2. The molecule has 1 N–H and O–H groups in total. The highest BCUT2D eigenvalue weighted by Gasteiger charge is 2.49. The molecule has 29 heavy (non-hydrogen) atoms. The first-order valence-electron chi connectivity index (χ1n) is 10.1. The number of sulfone groups is 1. The maximum atomic E-state index is 14.2. The van der Waals surface area contributed by atoms with Crippen molar-refractivity contribution in [2.75, 3.05) is 7.11 Å². The molecule has 1 unspecified atom stereocenters. The summed E-state index contributed by atoms with van der Waals surface area (Å²) in [5.41, 5.74) is -1.07. The summed E-state index contributed by atoms with van der Waals surface area (Å²) >= 11 is 0. The van der Waals surface area contributed by atoms with E-state index < -0.39 is 26.5 Å². The van der Waals surface area contributed by atoms with Crippen molar-refractivity contribution in [1.29, 1.82) is 0 Å². The monoisotopic (exact) mass is 420 g/mol. The molecule has 1 aliphatic rings. The van der Waals surface area contributed by atoms with Gasteiger partial charge in [-0.3, -0.25) is 0 Å². The van der Waals surface area contributed by atoms with E-state index >= 15 is 0 Å². The van der Waals surface area contributed by atoms with Gasteiger partial charge in [0.05, 0.1) is 12.0 Å². The topological polar surface area (TPSA) is 63.6 Å².